The molecule has 0 unspecified atom stereocenters. The highest BCUT2D eigenvalue weighted by Crippen LogP contribution is 2.18. The van der Waals surface area contributed by atoms with Crippen molar-refractivity contribution in [2.24, 2.45) is 0 Å². The van der Waals surface area contributed by atoms with E-state index >= 15 is 0 Å². The first kappa shape index (κ1) is 18.2. The molecule has 0 aliphatic heterocycles. The molecule has 1 aromatic carbocycles. The molecular formula is C16H20N2O5. The standard InChI is InChI=1S/C16H20N2O5/c1-18(2)15(20)10-17-14(19)11-23-16(21)9-8-12-6-4-5-7-13(12)22-3/h4-9H,10-11H2,1-3H3,(H,17,19)/b9-8+. The molecule has 0 spiro atoms. The zero-order chi connectivity index (χ0) is 17.2. The number of benzene rings is 1. The van der Waals surface area contributed by atoms with Crippen molar-refractivity contribution in [1.29, 1.82) is 0 Å². The third-order valence-corrected chi connectivity index (χ3v) is 2.82. The van der Waals surface area contributed by atoms with E-state index in [-0.39, 0.29) is 12.5 Å². The predicted molar refractivity (Wildman–Crippen MR) is 84.7 cm³/mol. The Morgan fingerprint density at radius 1 is 1.22 bits per heavy atom. The van der Waals surface area contributed by atoms with Gasteiger partial charge in [-0.15, -0.1) is 0 Å². The van der Waals surface area contributed by atoms with Crippen LogP contribution in [0, 0.1) is 0 Å². The fourth-order valence-corrected chi connectivity index (χ4v) is 1.53. The van der Waals surface area contributed by atoms with Crippen LogP contribution in [-0.4, -0.2) is 57.0 Å². The summed E-state index contributed by atoms with van der Waals surface area (Å²) in [6.07, 6.45) is 2.74. The fraction of sp³-hybridized carbons (Fsp3) is 0.312. The summed E-state index contributed by atoms with van der Waals surface area (Å²) in [6, 6.07) is 7.17. The number of hydrogen-bond donors (Lipinski definition) is 1. The number of esters is 1. The summed E-state index contributed by atoms with van der Waals surface area (Å²) in [4.78, 5) is 35.6. The average Bonchev–Trinajstić information content (AvgIpc) is 2.55. The first-order valence-corrected chi connectivity index (χ1v) is 6.88. The number of methoxy groups -OCH3 is 1. The van der Waals surface area contributed by atoms with Crippen molar-refractivity contribution in [3.63, 3.8) is 0 Å². The molecule has 0 fully saturated rings. The van der Waals surface area contributed by atoms with Crippen LogP contribution in [0.5, 0.6) is 5.75 Å². The Morgan fingerprint density at radius 2 is 1.91 bits per heavy atom. The first-order valence-electron chi connectivity index (χ1n) is 6.88. The van der Waals surface area contributed by atoms with Crippen molar-refractivity contribution >= 4 is 23.9 Å². The SMILES string of the molecule is COc1ccccc1/C=C/C(=O)OCC(=O)NCC(=O)N(C)C. The summed E-state index contributed by atoms with van der Waals surface area (Å²) in [5, 5.41) is 2.36. The summed E-state index contributed by atoms with van der Waals surface area (Å²) in [5.41, 5.74) is 0.716. The van der Waals surface area contributed by atoms with Crippen LogP contribution in [0.15, 0.2) is 30.3 Å². The molecule has 7 nitrogen and oxygen atoms in total. The Labute approximate surface area is 134 Å². The van der Waals surface area contributed by atoms with Gasteiger partial charge < -0.3 is 19.7 Å². The average molecular weight is 320 g/mol. The van der Waals surface area contributed by atoms with E-state index in [2.05, 4.69) is 5.32 Å². The van der Waals surface area contributed by atoms with Gasteiger partial charge in [0.2, 0.25) is 5.91 Å². The van der Waals surface area contributed by atoms with Gasteiger partial charge in [-0.1, -0.05) is 18.2 Å². The zero-order valence-corrected chi connectivity index (χ0v) is 13.4. The minimum Gasteiger partial charge on any atom is -0.496 e. The topological polar surface area (TPSA) is 84.9 Å². The van der Waals surface area contributed by atoms with Crippen LogP contribution < -0.4 is 10.1 Å². The quantitative estimate of drug-likeness (QED) is 0.583. The van der Waals surface area contributed by atoms with E-state index in [1.807, 2.05) is 12.1 Å². The van der Waals surface area contributed by atoms with Gasteiger partial charge in [-0.25, -0.2) is 4.79 Å². The van der Waals surface area contributed by atoms with Gasteiger partial charge in [0.1, 0.15) is 5.75 Å². The number of amides is 2. The Kier molecular flexibility index (Phi) is 7.32. The molecule has 0 aliphatic carbocycles. The lowest BCUT2D eigenvalue weighted by molar-refractivity contribution is -0.144. The molecule has 23 heavy (non-hydrogen) atoms. The Hall–Kier alpha value is -2.83. The minimum atomic E-state index is -0.662. The second-order valence-electron chi connectivity index (χ2n) is 4.75. The molecule has 1 aromatic rings. The Morgan fingerprint density at radius 3 is 2.57 bits per heavy atom. The normalized spacial score (nSPS) is 10.2. The molecule has 7 heteroatoms. The molecule has 0 bridgehead atoms. The van der Waals surface area contributed by atoms with E-state index in [0.29, 0.717) is 11.3 Å². The third kappa shape index (κ3) is 6.64. The van der Waals surface area contributed by atoms with Crippen molar-refractivity contribution in [2.75, 3.05) is 34.4 Å². The number of likely N-dealkylation sites (N-methyl/N-ethyl adjacent to an activating group) is 1. The largest absolute Gasteiger partial charge is 0.496 e. The van der Waals surface area contributed by atoms with E-state index in [1.54, 1.807) is 26.2 Å². The molecular weight excluding hydrogens is 300 g/mol. The lowest BCUT2D eigenvalue weighted by atomic mass is 10.2. The van der Waals surface area contributed by atoms with Crippen molar-refractivity contribution in [3.8, 4) is 5.75 Å². The van der Waals surface area contributed by atoms with Crippen LogP contribution in [0.2, 0.25) is 0 Å². The maximum Gasteiger partial charge on any atom is 0.331 e. The number of hydrogen-bond acceptors (Lipinski definition) is 5. The molecule has 124 valence electrons. The van der Waals surface area contributed by atoms with E-state index in [1.165, 1.54) is 24.2 Å². The molecule has 0 aromatic heterocycles. The molecule has 0 heterocycles. The second-order valence-corrected chi connectivity index (χ2v) is 4.75. The van der Waals surface area contributed by atoms with Crippen molar-refractivity contribution < 1.29 is 23.9 Å². The predicted octanol–water partition coefficient (Wildman–Crippen LogP) is 0.456. The van der Waals surface area contributed by atoms with Gasteiger partial charge in [0.05, 0.1) is 13.7 Å². The third-order valence-electron chi connectivity index (χ3n) is 2.82. The molecule has 0 aliphatic rings. The molecule has 0 radical (unpaired) electrons. The minimum absolute atomic E-state index is 0.138. The summed E-state index contributed by atoms with van der Waals surface area (Å²) >= 11 is 0. The van der Waals surface area contributed by atoms with Gasteiger partial charge in [-0.3, -0.25) is 9.59 Å². The molecule has 0 saturated heterocycles. The number of nitrogens with zero attached hydrogens (tertiary/aromatic N) is 1. The van der Waals surface area contributed by atoms with E-state index < -0.39 is 18.5 Å². The van der Waals surface area contributed by atoms with Gasteiger partial charge >= 0.3 is 5.97 Å². The van der Waals surface area contributed by atoms with Crippen molar-refractivity contribution in [3.05, 3.63) is 35.9 Å². The van der Waals surface area contributed by atoms with E-state index in [4.69, 9.17) is 9.47 Å². The van der Waals surface area contributed by atoms with Crippen molar-refractivity contribution in [2.45, 2.75) is 0 Å². The highest BCUT2D eigenvalue weighted by molar-refractivity contribution is 5.90. The van der Waals surface area contributed by atoms with E-state index in [0.717, 1.165) is 0 Å². The van der Waals surface area contributed by atoms with Crippen LogP contribution >= 0.6 is 0 Å². The van der Waals surface area contributed by atoms with E-state index in [9.17, 15) is 14.4 Å². The first-order chi connectivity index (χ1) is 10.9. The number of para-hydroxylation sites is 1. The summed E-state index contributed by atoms with van der Waals surface area (Å²) < 4.78 is 9.93. The van der Waals surface area contributed by atoms with Gasteiger partial charge in [-0.05, 0) is 12.1 Å². The molecule has 0 atom stereocenters. The van der Waals surface area contributed by atoms with Crippen LogP contribution in [0.25, 0.3) is 6.08 Å². The van der Waals surface area contributed by atoms with Gasteiger partial charge in [-0.2, -0.15) is 0 Å². The van der Waals surface area contributed by atoms with Crippen molar-refractivity contribution in [1.82, 2.24) is 10.2 Å². The molecule has 1 rings (SSSR count). The Bertz CT molecular complexity index is 596. The summed E-state index contributed by atoms with van der Waals surface area (Å²) in [5.74, 6) is -0.832. The monoisotopic (exact) mass is 320 g/mol. The van der Waals surface area contributed by atoms with Crippen LogP contribution in [0.4, 0.5) is 0 Å². The van der Waals surface area contributed by atoms with Crippen LogP contribution in [-0.2, 0) is 19.1 Å². The maximum absolute atomic E-state index is 11.6. The van der Waals surface area contributed by atoms with Gasteiger partial charge in [0, 0.05) is 25.7 Å². The highest BCUT2D eigenvalue weighted by Gasteiger charge is 2.08. The maximum atomic E-state index is 11.6. The van der Waals surface area contributed by atoms with Crippen LogP contribution in [0.1, 0.15) is 5.56 Å². The number of rotatable bonds is 7. The Balaban J connectivity index is 2.40. The van der Waals surface area contributed by atoms with Gasteiger partial charge in [0.15, 0.2) is 6.61 Å². The molecule has 2 amide bonds. The number of nitrogens with one attached hydrogen (secondary N) is 1. The fourth-order valence-electron chi connectivity index (χ4n) is 1.53. The highest BCUT2D eigenvalue weighted by atomic mass is 16.5. The lowest BCUT2D eigenvalue weighted by Gasteiger charge is -2.10. The second kappa shape index (κ2) is 9.24. The van der Waals surface area contributed by atoms with Crippen LogP contribution in [0.3, 0.4) is 0 Å². The summed E-state index contributed by atoms with van der Waals surface area (Å²) in [6.45, 7) is -0.587. The smallest absolute Gasteiger partial charge is 0.331 e. The zero-order valence-electron chi connectivity index (χ0n) is 13.4. The van der Waals surface area contributed by atoms with Gasteiger partial charge in [0.25, 0.3) is 5.91 Å². The molecule has 0 saturated carbocycles. The molecule has 1 N–H and O–H groups in total. The number of carbonyl (C=O) groups excluding carboxylic acids is 3. The lowest BCUT2D eigenvalue weighted by Crippen LogP contribution is -2.38. The summed E-state index contributed by atoms with van der Waals surface area (Å²) in [7, 11) is 4.69. The number of ether oxygens (including phenoxy) is 2. The number of carbonyl (C=O) groups is 3.